The maximum absolute atomic E-state index is 5.71. The molecule has 122 valence electrons. The van der Waals surface area contributed by atoms with E-state index in [1.54, 1.807) is 0 Å². The van der Waals surface area contributed by atoms with Gasteiger partial charge in [0.2, 0.25) is 0 Å². The van der Waals surface area contributed by atoms with Crippen LogP contribution in [0.4, 0.5) is 5.69 Å². The smallest absolute Gasteiger partial charge is 0.174 e. The number of hydrogen-bond donors (Lipinski definition) is 0. The van der Waals surface area contributed by atoms with Crippen LogP contribution in [-0.4, -0.2) is 19.4 Å². The molecule has 2 aromatic rings. The van der Waals surface area contributed by atoms with Crippen molar-refractivity contribution in [3.63, 3.8) is 0 Å². The number of halogens is 1. The second-order valence-electron chi connectivity index (χ2n) is 5.22. The van der Waals surface area contributed by atoms with Gasteiger partial charge < -0.3 is 9.47 Å². The molecule has 0 radical (unpaired) electrons. The van der Waals surface area contributed by atoms with Gasteiger partial charge in [-0.15, -0.1) is 0 Å². The Balaban J connectivity index is 2.31. The summed E-state index contributed by atoms with van der Waals surface area (Å²) in [5.74, 6) is 1.57. The lowest BCUT2D eigenvalue weighted by Gasteiger charge is -2.13. The van der Waals surface area contributed by atoms with E-state index >= 15 is 0 Å². The number of aryl methyl sites for hydroxylation is 2. The van der Waals surface area contributed by atoms with Gasteiger partial charge >= 0.3 is 0 Å². The van der Waals surface area contributed by atoms with Crippen LogP contribution >= 0.6 is 22.6 Å². The molecule has 3 nitrogen and oxygen atoms in total. The Hall–Kier alpha value is -1.56. The van der Waals surface area contributed by atoms with Crippen molar-refractivity contribution in [1.82, 2.24) is 0 Å². The predicted molar refractivity (Wildman–Crippen MR) is 105 cm³/mol. The minimum atomic E-state index is 0.605. The third-order valence-electron chi connectivity index (χ3n) is 3.47. The van der Waals surface area contributed by atoms with Gasteiger partial charge in [0.15, 0.2) is 11.5 Å². The molecule has 0 aliphatic heterocycles. The highest BCUT2D eigenvalue weighted by molar-refractivity contribution is 14.1. The molecule has 0 aliphatic rings. The summed E-state index contributed by atoms with van der Waals surface area (Å²) in [4.78, 5) is 4.57. The maximum Gasteiger partial charge on any atom is 0.174 e. The number of rotatable bonds is 6. The molecular weight excluding hydrogens is 401 g/mol. The quantitative estimate of drug-likeness (QED) is 0.457. The molecule has 0 aromatic heterocycles. The zero-order valence-electron chi connectivity index (χ0n) is 14.0. The first kappa shape index (κ1) is 17.8. The Morgan fingerprint density at radius 2 is 1.74 bits per heavy atom. The minimum absolute atomic E-state index is 0.605. The van der Waals surface area contributed by atoms with E-state index in [0.717, 1.165) is 26.3 Å². The highest BCUT2D eigenvalue weighted by atomic mass is 127. The highest BCUT2D eigenvalue weighted by Gasteiger charge is 2.11. The van der Waals surface area contributed by atoms with Gasteiger partial charge in [0.05, 0.1) is 22.5 Å². The predicted octanol–water partition coefficient (Wildman–Crippen LogP) is 5.46. The molecule has 0 aliphatic carbocycles. The summed E-state index contributed by atoms with van der Waals surface area (Å²) in [6.45, 7) is 9.37. The first-order valence-electron chi connectivity index (χ1n) is 7.75. The van der Waals surface area contributed by atoms with Crippen LogP contribution in [0.5, 0.6) is 11.5 Å². The zero-order valence-corrected chi connectivity index (χ0v) is 16.2. The van der Waals surface area contributed by atoms with Gasteiger partial charge in [-0.25, -0.2) is 0 Å². The number of aliphatic imine (C=N–C) groups is 1. The maximum atomic E-state index is 5.71. The molecule has 0 heterocycles. The summed E-state index contributed by atoms with van der Waals surface area (Å²) < 4.78 is 12.4. The molecular formula is C19H22INO2. The normalized spacial score (nSPS) is 11.0. The first-order valence-corrected chi connectivity index (χ1v) is 8.83. The fourth-order valence-electron chi connectivity index (χ4n) is 2.16. The van der Waals surface area contributed by atoms with Crippen LogP contribution in [0.2, 0.25) is 0 Å². The fourth-order valence-corrected chi connectivity index (χ4v) is 2.95. The average molecular weight is 423 g/mol. The molecule has 0 atom stereocenters. The van der Waals surface area contributed by atoms with Crippen molar-refractivity contribution < 1.29 is 9.47 Å². The van der Waals surface area contributed by atoms with Crippen LogP contribution in [0.1, 0.15) is 30.5 Å². The Kier molecular flexibility index (Phi) is 6.45. The Labute approximate surface area is 151 Å². The van der Waals surface area contributed by atoms with Crippen LogP contribution in [0.15, 0.2) is 35.3 Å². The van der Waals surface area contributed by atoms with Crippen molar-refractivity contribution in [3.05, 3.63) is 50.6 Å². The van der Waals surface area contributed by atoms with Crippen LogP contribution in [0, 0.1) is 17.4 Å². The minimum Gasteiger partial charge on any atom is -0.490 e. The van der Waals surface area contributed by atoms with E-state index in [-0.39, 0.29) is 0 Å². The summed E-state index contributed by atoms with van der Waals surface area (Å²) in [6, 6.07) is 10.2. The van der Waals surface area contributed by atoms with E-state index < -0.39 is 0 Å². The van der Waals surface area contributed by atoms with Gasteiger partial charge in [-0.05, 0) is 91.2 Å². The van der Waals surface area contributed by atoms with E-state index in [4.69, 9.17) is 9.47 Å². The standard InChI is InChI=1S/C19H22INO2/c1-5-22-18-11-15(10-17(20)19(18)23-6-2)12-21-16-8-7-13(3)14(4)9-16/h7-12H,5-6H2,1-4H3. The lowest BCUT2D eigenvalue weighted by molar-refractivity contribution is 0.286. The summed E-state index contributed by atoms with van der Waals surface area (Å²) in [6.07, 6.45) is 1.87. The third-order valence-corrected chi connectivity index (χ3v) is 4.27. The number of ether oxygens (including phenoxy) is 2. The summed E-state index contributed by atoms with van der Waals surface area (Å²) in [5, 5.41) is 0. The Morgan fingerprint density at radius 3 is 2.39 bits per heavy atom. The molecule has 0 saturated carbocycles. The van der Waals surface area contributed by atoms with Crippen molar-refractivity contribution in [2.45, 2.75) is 27.7 Å². The molecule has 0 amide bonds. The van der Waals surface area contributed by atoms with E-state index in [1.807, 2.05) is 32.2 Å². The molecule has 2 aromatic carbocycles. The summed E-state index contributed by atoms with van der Waals surface area (Å²) >= 11 is 2.27. The highest BCUT2D eigenvalue weighted by Crippen LogP contribution is 2.34. The van der Waals surface area contributed by atoms with Crippen LogP contribution in [0.3, 0.4) is 0 Å². The zero-order chi connectivity index (χ0) is 16.8. The molecule has 0 bridgehead atoms. The van der Waals surface area contributed by atoms with Gasteiger partial charge in [0.1, 0.15) is 0 Å². The van der Waals surface area contributed by atoms with Crippen LogP contribution < -0.4 is 9.47 Å². The third kappa shape index (κ3) is 4.70. The van der Waals surface area contributed by atoms with Gasteiger partial charge in [0.25, 0.3) is 0 Å². The van der Waals surface area contributed by atoms with Crippen LogP contribution in [0.25, 0.3) is 0 Å². The van der Waals surface area contributed by atoms with Gasteiger partial charge in [-0.3, -0.25) is 4.99 Å². The second kappa shape index (κ2) is 8.34. The van der Waals surface area contributed by atoms with Crippen molar-refractivity contribution in [1.29, 1.82) is 0 Å². The molecule has 0 fully saturated rings. The van der Waals surface area contributed by atoms with E-state index in [1.165, 1.54) is 11.1 Å². The Morgan fingerprint density at radius 1 is 1.00 bits per heavy atom. The number of benzene rings is 2. The van der Waals surface area contributed by atoms with Gasteiger partial charge in [0, 0.05) is 6.21 Å². The largest absolute Gasteiger partial charge is 0.490 e. The Bertz CT molecular complexity index is 711. The van der Waals surface area contributed by atoms with Gasteiger partial charge in [-0.1, -0.05) is 6.07 Å². The summed E-state index contributed by atoms with van der Waals surface area (Å²) in [7, 11) is 0. The van der Waals surface area contributed by atoms with Crippen molar-refractivity contribution in [2.24, 2.45) is 4.99 Å². The summed E-state index contributed by atoms with van der Waals surface area (Å²) in [5.41, 5.74) is 4.48. The fraction of sp³-hybridized carbons (Fsp3) is 0.316. The molecule has 0 saturated heterocycles. The lowest BCUT2D eigenvalue weighted by Crippen LogP contribution is -2.01. The molecule has 0 spiro atoms. The van der Waals surface area contributed by atoms with Gasteiger partial charge in [-0.2, -0.15) is 0 Å². The average Bonchev–Trinajstić information content (AvgIpc) is 2.52. The SMILES string of the molecule is CCOc1cc(C=Nc2ccc(C)c(C)c2)cc(I)c1OCC. The van der Waals surface area contributed by atoms with Crippen molar-refractivity contribution in [3.8, 4) is 11.5 Å². The number of hydrogen-bond acceptors (Lipinski definition) is 3. The topological polar surface area (TPSA) is 30.8 Å². The van der Waals surface area contributed by atoms with E-state index in [2.05, 4.69) is 59.6 Å². The number of nitrogens with zero attached hydrogens (tertiary/aromatic N) is 1. The monoisotopic (exact) mass is 423 g/mol. The molecule has 23 heavy (non-hydrogen) atoms. The lowest BCUT2D eigenvalue weighted by atomic mass is 10.1. The van der Waals surface area contributed by atoms with Crippen molar-refractivity contribution >= 4 is 34.5 Å². The molecule has 0 unspecified atom stereocenters. The molecule has 2 rings (SSSR count). The van der Waals surface area contributed by atoms with Crippen molar-refractivity contribution in [2.75, 3.05) is 13.2 Å². The second-order valence-corrected chi connectivity index (χ2v) is 6.38. The first-order chi connectivity index (χ1) is 11.0. The van der Waals surface area contributed by atoms with Crippen LogP contribution in [-0.2, 0) is 0 Å². The molecule has 4 heteroatoms. The van der Waals surface area contributed by atoms with E-state index in [0.29, 0.717) is 13.2 Å². The van der Waals surface area contributed by atoms with E-state index in [9.17, 15) is 0 Å². The molecule has 0 N–H and O–H groups in total.